The normalized spacial score (nSPS) is 14.9. The second-order valence-electron chi connectivity index (χ2n) is 5.81. The predicted octanol–water partition coefficient (Wildman–Crippen LogP) is 4.59. The van der Waals surface area contributed by atoms with E-state index in [1.165, 1.54) is 5.56 Å². The Morgan fingerprint density at radius 2 is 1.76 bits per heavy atom. The lowest BCUT2D eigenvalue weighted by Crippen LogP contribution is -2.03. The minimum absolute atomic E-state index is 0.495. The number of aliphatic hydroxyl groups is 1. The van der Waals surface area contributed by atoms with E-state index in [9.17, 15) is 5.11 Å². The molecule has 1 aliphatic heterocycles. The molecule has 0 radical (unpaired) electrons. The van der Waals surface area contributed by atoms with E-state index in [4.69, 9.17) is 4.74 Å². The Balaban J connectivity index is 1.97. The van der Waals surface area contributed by atoms with Gasteiger partial charge in [-0.15, -0.1) is 0 Å². The van der Waals surface area contributed by atoms with Gasteiger partial charge in [0.2, 0.25) is 0 Å². The summed E-state index contributed by atoms with van der Waals surface area (Å²) in [4.78, 5) is 0. The summed E-state index contributed by atoms with van der Waals surface area (Å²) >= 11 is 3.52. The zero-order valence-corrected chi connectivity index (χ0v) is 13.9. The Bertz CT molecular complexity index is 647. The Morgan fingerprint density at radius 3 is 2.43 bits per heavy atom. The summed E-state index contributed by atoms with van der Waals surface area (Å²) in [6.07, 6.45) is 0.247. The monoisotopic (exact) mass is 346 g/mol. The van der Waals surface area contributed by atoms with Gasteiger partial charge in [-0.25, -0.2) is 0 Å². The number of fused-ring (bicyclic) bond motifs is 1. The molecular formula is C18H19BrO2. The highest BCUT2D eigenvalue weighted by Gasteiger charge is 2.23. The fourth-order valence-electron chi connectivity index (χ4n) is 2.74. The van der Waals surface area contributed by atoms with Crippen LogP contribution in [0.4, 0.5) is 0 Å². The summed E-state index contributed by atoms with van der Waals surface area (Å²) in [6.45, 7) is 5.03. The first-order chi connectivity index (χ1) is 10.1. The largest absolute Gasteiger partial charge is 0.493 e. The van der Waals surface area contributed by atoms with Crippen LogP contribution in [0.3, 0.4) is 0 Å². The summed E-state index contributed by atoms with van der Waals surface area (Å²) in [5, 5.41) is 10.7. The van der Waals surface area contributed by atoms with Crippen molar-refractivity contribution in [2.75, 3.05) is 6.61 Å². The molecule has 0 bridgehead atoms. The SMILES string of the molecule is CC(C)c1ccc(C(O)c2cc(Br)cc3c2OCC3)cc1. The van der Waals surface area contributed by atoms with E-state index in [0.717, 1.165) is 33.3 Å². The Hall–Kier alpha value is -1.32. The van der Waals surface area contributed by atoms with Crippen LogP contribution in [0.2, 0.25) is 0 Å². The van der Waals surface area contributed by atoms with Crippen LogP contribution in [0, 0.1) is 0 Å². The van der Waals surface area contributed by atoms with Crippen LogP contribution in [0.25, 0.3) is 0 Å². The van der Waals surface area contributed by atoms with Gasteiger partial charge in [-0.3, -0.25) is 0 Å². The highest BCUT2D eigenvalue weighted by atomic mass is 79.9. The first kappa shape index (κ1) is 14.6. The molecule has 2 aromatic carbocycles. The molecule has 1 aliphatic rings. The highest BCUT2D eigenvalue weighted by molar-refractivity contribution is 9.10. The molecule has 2 aromatic rings. The average Bonchev–Trinajstić information content (AvgIpc) is 2.93. The number of benzene rings is 2. The first-order valence-corrected chi connectivity index (χ1v) is 8.08. The smallest absolute Gasteiger partial charge is 0.128 e. The Labute approximate surface area is 133 Å². The second kappa shape index (κ2) is 5.82. The van der Waals surface area contributed by atoms with E-state index in [1.54, 1.807) is 0 Å². The molecule has 3 rings (SSSR count). The molecule has 21 heavy (non-hydrogen) atoms. The van der Waals surface area contributed by atoms with Gasteiger partial charge >= 0.3 is 0 Å². The van der Waals surface area contributed by atoms with Crippen LogP contribution in [-0.4, -0.2) is 11.7 Å². The van der Waals surface area contributed by atoms with Crippen molar-refractivity contribution in [3.05, 3.63) is 63.1 Å². The summed E-state index contributed by atoms with van der Waals surface area (Å²) in [5.41, 5.74) is 4.18. The molecule has 1 unspecified atom stereocenters. The molecule has 0 aromatic heterocycles. The summed E-state index contributed by atoms with van der Waals surface area (Å²) in [6, 6.07) is 12.2. The van der Waals surface area contributed by atoms with Gasteiger partial charge in [0.05, 0.1) is 6.61 Å². The van der Waals surface area contributed by atoms with E-state index in [0.29, 0.717) is 12.5 Å². The van der Waals surface area contributed by atoms with Crippen molar-refractivity contribution in [2.45, 2.75) is 32.3 Å². The third-order valence-electron chi connectivity index (χ3n) is 3.99. The molecule has 0 spiro atoms. The molecule has 0 aliphatic carbocycles. The zero-order chi connectivity index (χ0) is 15.0. The fourth-order valence-corrected chi connectivity index (χ4v) is 3.27. The molecule has 2 nitrogen and oxygen atoms in total. The third kappa shape index (κ3) is 2.85. The topological polar surface area (TPSA) is 29.5 Å². The number of halogens is 1. The molecule has 0 saturated heterocycles. The molecule has 1 atom stereocenters. The molecule has 110 valence electrons. The van der Waals surface area contributed by atoms with Crippen LogP contribution in [0.5, 0.6) is 5.75 Å². The van der Waals surface area contributed by atoms with E-state index in [-0.39, 0.29) is 0 Å². The van der Waals surface area contributed by atoms with E-state index >= 15 is 0 Å². The maximum absolute atomic E-state index is 10.7. The van der Waals surface area contributed by atoms with Crippen molar-refractivity contribution in [2.24, 2.45) is 0 Å². The van der Waals surface area contributed by atoms with Gasteiger partial charge in [0.15, 0.2) is 0 Å². The van der Waals surface area contributed by atoms with Crippen LogP contribution in [0.15, 0.2) is 40.9 Å². The van der Waals surface area contributed by atoms with E-state index in [1.807, 2.05) is 18.2 Å². The molecule has 3 heteroatoms. The molecule has 0 fully saturated rings. The molecule has 0 saturated carbocycles. The lowest BCUT2D eigenvalue weighted by Gasteiger charge is -2.16. The molecule has 0 amide bonds. The van der Waals surface area contributed by atoms with E-state index in [2.05, 4.69) is 48.0 Å². The van der Waals surface area contributed by atoms with Gasteiger partial charge in [0.25, 0.3) is 0 Å². The van der Waals surface area contributed by atoms with Gasteiger partial charge in [0, 0.05) is 16.5 Å². The summed E-state index contributed by atoms with van der Waals surface area (Å²) in [5.74, 6) is 1.34. The van der Waals surface area contributed by atoms with Crippen LogP contribution in [-0.2, 0) is 6.42 Å². The standard InChI is InChI=1S/C18H19BrO2/c1-11(2)12-3-5-13(6-4-12)17(20)16-10-15(19)9-14-7-8-21-18(14)16/h3-6,9-11,17,20H,7-8H2,1-2H3. The van der Waals surface area contributed by atoms with Crippen molar-refractivity contribution in [1.29, 1.82) is 0 Å². The fraction of sp³-hybridized carbons (Fsp3) is 0.333. The van der Waals surface area contributed by atoms with Gasteiger partial charge < -0.3 is 9.84 Å². The maximum Gasteiger partial charge on any atom is 0.128 e. The Morgan fingerprint density at radius 1 is 1.10 bits per heavy atom. The third-order valence-corrected chi connectivity index (χ3v) is 4.45. The number of ether oxygens (including phenoxy) is 1. The molecule has 1 N–H and O–H groups in total. The van der Waals surface area contributed by atoms with Gasteiger partial charge in [-0.2, -0.15) is 0 Å². The van der Waals surface area contributed by atoms with Crippen molar-refractivity contribution in [3.63, 3.8) is 0 Å². The second-order valence-corrected chi connectivity index (χ2v) is 6.72. The van der Waals surface area contributed by atoms with Gasteiger partial charge in [0.1, 0.15) is 11.9 Å². The van der Waals surface area contributed by atoms with Gasteiger partial charge in [-0.05, 0) is 34.7 Å². The first-order valence-electron chi connectivity index (χ1n) is 7.29. The van der Waals surface area contributed by atoms with Crippen molar-refractivity contribution in [1.82, 2.24) is 0 Å². The quantitative estimate of drug-likeness (QED) is 0.880. The van der Waals surface area contributed by atoms with Crippen LogP contribution < -0.4 is 4.74 Å². The highest BCUT2D eigenvalue weighted by Crippen LogP contribution is 2.38. The van der Waals surface area contributed by atoms with Crippen molar-refractivity contribution in [3.8, 4) is 5.75 Å². The lowest BCUT2D eigenvalue weighted by atomic mass is 9.95. The number of aliphatic hydroxyl groups excluding tert-OH is 1. The Kier molecular flexibility index (Phi) is 4.05. The predicted molar refractivity (Wildman–Crippen MR) is 87.9 cm³/mol. The number of hydrogen-bond donors (Lipinski definition) is 1. The summed E-state index contributed by atoms with van der Waals surface area (Å²) in [7, 11) is 0. The minimum Gasteiger partial charge on any atom is -0.493 e. The van der Waals surface area contributed by atoms with Crippen molar-refractivity contribution >= 4 is 15.9 Å². The average molecular weight is 347 g/mol. The minimum atomic E-state index is -0.657. The molecular weight excluding hydrogens is 328 g/mol. The van der Waals surface area contributed by atoms with E-state index < -0.39 is 6.10 Å². The zero-order valence-electron chi connectivity index (χ0n) is 12.3. The number of hydrogen-bond acceptors (Lipinski definition) is 2. The molecule has 1 heterocycles. The lowest BCUT2D eigenvalue weighted by molar-refractivity contribution is 0.213. The number of rotatable bonds is 3. The van der Waals surface area contributed by atoms with Crippen LogP contribution in [0.1, 0.15) is 48.1 Å². The van der Waals surface area contributed by atoms with Gasteiger partial charge in [-0.1, -0.05) is 54.0 Å². The van der Waals surface area contributed by atoms with Crippen LogP contribution >= 0.6 is 15.9 Å². The maximum atomic E-state index is 10.7. The summed E-state index contributed by atoms with van der Waals surface area (Å²) < 4.78 is 6.69. The van der Waals surface area contributed by atoms with Crippen molar-refractivity contribution < 1.29 is 9.84 Å².